The summed E-state index contributed by atoms with van der Waals surface area (Å²) in [6.07, 6.45) is 6.99. The van der Waals surface area contributed by atoms with Crippen molar-refractivity contribution >= 4 is 5.91 Å². The van der Waals surface area contributed by atoms with Crippen molar-refractivity contribution in [2.45, 2.75) is 51.4 Å². The Morgan fingerprint density at radius 3 is 3.00 bits per heavy atom. The van der Waals surface area contributed by atoms with E-state index in [0.29, 0.717) is 11.7 Å². The van der Waals surface area contributed by atoms with Gasteiger partial charge in [0.05, 0.1) is 18.8 Å². The zero-order chi connectivity index (χ0) is 15.8. The van der Waals surface area contributed by atoms with E-state index < -0.39 is 0 Å². The van der Waals surface area contributed by atoms with Crippen molar-refractivity contribution in [2.24, 2.45) is 0 Å². The highest BCUT2D eigenvalue weighted by atomic mass is 16.3. The van der Waals surface area contributed by atoms with E-state index in [1.165, 1.54) is 6.42 Å². The number of rotatable bonds is 4. The average Bonchev–Trinajstić information content (AvgIpc) is 3.15. The van der Waals surface area contributed by atoms with Crippen LogP contribution < -0.4 is 5.32 Å². The van der Waals surface area contributed by atoms with Crippen molar-refractivity contribution in [3.63, 3.8) is 0 Å². The second kappa shape index (κ2) is 5.85. The lowest BCUT2D eigenvalue weighted by molar-refractivity contribution is 0.0912. The maximum atomic E-state index is 12.3. The molecule has 0 bridgehead atoms. The Morgan fingerprint density at radius 1 is 1.43 bits per heavy atom. The first-order valence-electron chi connectivity index (χ1n) is 8.35. The molecule has 1 saturated carbocycles. The summed E-state index contributed by atoms with van der Waals surface area (Å²) in [6.45, 7) is 4.68. The van der Waals surface area contributed by atoms with Gasteiger partial charge >= 0.3 is 0 Å². The van der Waals surface area contributed by atoms with Crippen LogP contribution in [0.25, 0.3) is 0 Å². The molecule has 1 amide bonds. The molecule has 122 valence electrons. The number of hydrogen-bond donors (Lipinski definition) is 1. The third-order valence-electron chi connectivity index (χ3n) is 4.97. The van der Waals surface area contributed by atoms with Crippen molar-refractivity contribution in [3.05, 3.63) is 41.9 Å². The quantitative estimate of drug-likeness (QED) is 0.941. The predicted octanol–water partition coefficient (Wildman–Crippen LogP) is 2.34. The van der Waals surface area contributed by atoms with E-state index in [0.717, 1.165) is 44.1 Å². The summed E-state index contributed by atoms with van der Waals surface area (Å²) in [7, 11) is 0. The van der Waals surface area contributed by atoms with Crippen LogP contribution >= 0.6 is 0 Å². The van der Waals surface area contributed by atoms with Crippen LogP contribution in [-0.4, -0.2) is 32.9 Å². The van der Waals surface area contributed by atoms with Gasteiger partial charge in [-0.15, -0.1) is 0 Å². The highest BCUT2D eigenvalue weighted by Crippen LogP contribution is 2.26. The van der Waals surface area contributed by atoms with Crippen molar-refractivity contribution in [3.8, 4) is 0 Å². The summed E-state index contributed by atoms with van der Waals surface area (Å²) in [6, 6.07) is 4.41. The Morgan fingerprint density at radius 2 is 2.30 bits per heavy atom. The van der Waals surface area contributed by atoms with Gasteiger partial charge in [-0.3, -0.25) is 9.69 Å². The topological polar surface area (TPSA) is 63.3 Å². The third kappa shape index (κ3) is 2.79. The largest absolute Gasteiger partial charge is 0.468 e. The maximum Gasteiger partial charge on any atom is 0.271 e. The van der Waals surface area contributed by atoms with Crippen LogP contribution in [0.2, 0.25) is 0 Å². The zero-order valence-corrected chi connectivity index (χ0v) is 13.4. The van der Waals surface area contributed by atoms with E-state index >= 15 is 0 Å². The summed E-state index contributed by atoms with van der Waals surface area (Å²) in [4.78, 5) is 19.2. The van der Waals surface area contributed by atoms with Gasteiger partial charge in [-0.25, -0.2) is 4.98 Å². The standard InChI is InChI=1S/C17H22N4O2/c1-12-16-19-15(17(22)18-13-4-2-5-13)11-21(16)8-7-20(12)10-14-6-3-9-23-14/h3,6,9,11-13H,2,4-5,7-8,10H2,1H3,(H,18,22)/t12-/m0/s1. The van der Waals surface area contributed by atoms with Gasteiger partial charge in [0.15, 0.2) is 0 Å². The average molecular weight is 314 g/mol. The molecule has 3 heterocycles. The predicted molar refractivity (Wildman–Crippen MR) is 84.9 cm³/mol. The summed E-state index contributed by atoms with van der Waals surface area (Å²) in [5.41, 5.74) is 0.540. The monoisotopic (exact) mass is 314 g/mol. The molecule has 2 aliphatic rings. The third-order valence-corrected chi connectivity index (χ3v) is 4.97. The van der Waals surface area contributed by atoms with Crippen molar-refractivity contribution in [1.29, 1.82) is 0 Å². The second-order valence-electron chi connectivity index (χ2n) is 6.50. The van der Waals surface area contributed by atoms with Gasteiger partial charge in [0, 0.05) is 25.3 Å². The summed E-state index contributed by atoms with van der Waals surface area (Å²) >= 11 is 0. The van der Waals surface area contributed by atoms with Crippen molar-refractivity contribution in [2.75, 3.05) is 6.54 Å². The zero-order valence-electron chi connectivity index (χ0n) is 13.4. The molecule has 0 aromatic carbocycles. The molecule has 1 fully saturated rings. The van der Waals surface area contributed by atoms with Crippen LogP contribution in [-0.2, 0) is 13.1 Å². The van der Waals surface area contributed by atoms with E-state index in [1.54, 1.807) is 6.26 Å². The normalized spacial score (nSPS) is 21.7. The van der Waals surface area contributed by atoms with Crippen LogP contribution in [0.3, 0.4) is 0 Å². The second-order valence-corrected chi connectivity index (χ2v) is 6.50. The van der Waals surface area contributed by atoms with Crippen LogP contribution in [0.5, 0.6) is 0 Å². The van der Waals surface area contributed by atoms with E-state index in [4.69, 9.17) is 4.42 Å². The minimum atomic E-state index is -0.0404. The Kier molecular flexibility index (Phi) is 3.69. The van der Waals surface area contributed by atoms with Gasteiger partial charge in [-0.2, -0.15) is 0 Å². The molecule has 1 N–H and O–H groups in total. The molecule has 1 aliphatic carbocycles. The number of furan rings is 1. The van der Waals surface area contributed by atoms with Crippen LogP contribution in [0.4, 0.5) is 0 Å². The smallest absolute Gasteiger partial charge is 0.271 e. The van der Waals surface area contributed by atoms with E-state index in [2.05, 4.69) is 26.7 Å². The number of carbonyl (C=O) groups is 1. The molecule has 23 heavy (non-hydrogen) atoms. The molecule has 2 aromatic rings. The van der Waals surface area contributed by atoms with Gasteiger partial charge in [0.25, 0.3) is 5.91 Å². The first-order chi connectivity index (χ1) is 11.2. The Bertz CT molecular complexity index is 688. The van der Waals surface area contributed by atoms with Gasteiger partial charge < -0.3 is 14.3 Å². The number of aromatic nitrogens is 2. The molecule has 0 saturated heterocycles. The Balaban J connectivity index is 1.48. The number of carbonyl (C=O) groups excluding carboxylic acids is 1. The minimum Gasteiger partial charge on any atom is -0.468 e. The lowest BCUT2D eigenvalue weighted by Crippen LogP contribution is -2.39. The lowest BCUT2D eigenvalue weighted by Gasteiger charge is -2.32. The molecular formula is C17H22N4O2. The number of imidazole rings is 1. The molecule has 6 nitrogen and oxygen atoms in total. The molecule has 4 rings (SSSR count). The number of nitrogens with zero attached hydrogens (tertiary/aromatic N) is 3. The molecule has 1 aliphatic heterocycles. The molecule has 2 aromatic heterocycles. The van der Waals surface area contributed by atoms with E-state index in [9.17, 15) is 4.79 Å². The van der Waals surface area contributed by atoms with Gasteiger partial charge in [-0.1, -0.05) is 0 Å². The highest BCUT2D eigenvalue weighted by Gasteiger charge is 2.29. The van der Waals surface area contributed by atoms with Crippen LogP contribution in [0, 0.1) is 0 Å². The Hall–Kier alpha value is -2.08. The number of hydrogen-bond acceptors (Lipinski definition) is 4. The first kappa shape index (κ1) is 14.5. The molecule has 6 heteroatoms. The maximum absolute atomic E-state index is 12.3. The molecule has 1 atom stereocenters. The molecule has 0 radical (unpaired) electrons. The number of amides is 1. The molecular weight excluding hydrogens is 292 g/mol. The Labute approximate surface area is 135 Å². The fourth-order valence-electron chi connectivity index (χ4n) is 3.28. The first-order valence-corrected chi connectivity index (χ1v) is 8.35. The van der Waals surface area contributed by atoms with Gasteiger partial charge in [0.1, 0.15) is 17.3 Å². The summed E-state index contributed by atoms with van der Waals surface area (Å²) in [5.74, 6) is 1.88. The van der Waals surface area contributed by atoms with Gasteiger partial charge in [0.2, 0.25) is 0 Å². The fraction of sp³-hybridized carbons (Fsp3) is 0.529. The molecule has 0 spiro atoms. The molecule has 0 unspecified atom stereocenters. The van der Waals surface area contributed by atoms with Crippen LogP contribution in [0.1, 0.15) is 54.3 Å². The SMILES string of the molecule is C[C@H]1c2nc(C(=O)NC3CCC3)cn2CCN1Cc1ccco1. The van der Waals surface area contributed by atoms with Gasteiger partial charge in [-0.05, 0) is 38.3 Å². The van der Waals surface area contributed by atoms with Crippen LogP contribution in [0.15, 0.2) is 29.0 Å². The lowest BCUT2D eigenvalue weighted by atomic mass is 9.93. The fourth-order valence-corrected chi connectivity index (χ4v) is 3.28. The highest BCUT2D eigenvalue weighted by molar-refractivity contribution is 5.92. The van der Waals surface area contributed by atoms with E-state index in [-0.39, 0.29) is 11.9 Å². The van der Waals surface area contributed by atoms with Crippen molar-refractivity contribution < 1.29 is 9.21 Å². The minimum absolute atomic E-state index is 0.0404. The summed E-state index contributed by atoms with van der Waals surface area (Å²) in [5, 5.41) is 3.06. The number of fused-ring (bicyclic) bond motifs is 1. The van der Waals surface area contributed by atoms with E-state index in [1.807, 2.05) is 18.3 Å². The number of nitrogens with one attached hydrogen (secondary N) is 1. The van der Waals surface area contributed by atoms with Crippen molar-refractivity contribution in [1.82, 2.24) is 19.8 Å². The summed E-state index contributed by atoms with van der Waals surface area (Å²) < 4.78 is 7.56.